The third-order valence-electron chi connectivity index (χ3n) is 3.81. The number of nitrogens with zero attached hydrogens (tertiary/aromatic N) is 3. The summed E-state index contributed by atoms with van der Waals surface area (Å²) in [5, 5.41) is 6.41. The van der Waals surface area contributed by atoms with Crippen molar-refractivity contribution in [1.82, 2.24) is 0 Å². The van der Waals surface area contributed by atoms with Crippen LogP contribution in [0.3, 0.4) is 0 Å². The van der Waals surface area contributed by atoms with E-state index in [0.29, 0.717) is 0 Å². The van der Waals surface area contributed by atoms with E-state index in [-0.39, 0.29) is 0 Å². The maximum absolute atomic E-state index is 10.7. The van der Waals surface area contributed by atoms with Gasteiger partial charge in [-0.3, -0.25) is 0 Å². The highest BCUT2D eigenvalue weighted by Gasteiger charge is 2.20. The first-order valence-corrected chi connectivity index (χ1v) is 7.22. The lowest BCUT2D eigenvalue weighted by molar-refractivity contribution is 0.866. The van der Waals surface area contributed by atoms with E-state index in [0.717, 1.165) is 35.9 Å². The fraction of sp³-hybridized carbons (Fsp3) is 0.312. The highest BCUT2D eigenvalue weighted by atomic mass is 16.3. The van der Waals surface area contributed by atoms with Crippen LogP contribution in [0.2, 0.25) is 0 Å². The Kier molecular flexibility index (Phi) is 3.56. The van der Waals surface area contributed by atoms with Crippen molar-refractivity contribution in [2.75, 3.05) is 23.3 Å². The number of nitrogens with one attached hydrogen (secondary N) is 1. The minimum atomic E-state index is -0.418. The average Bonchev–Trinajstić information content (AvgIpc) is 2.53. The van der Waals surface area contributed by atoms with Gasteiger partial charge in [-0.2, -0.15) is 0 Å². The lowest BCUT2D eigenvalue weighted by Crippen LogP contribution is -2.23. The van der Waals surface area contributed by atoms with Crippen LogP contribution < -0.4 is 10.2 Å². The van der Waals surface area contributed by atoms with Crippen LogP contribution in [-0.4, -0.2) is 24.8 Å². The molecule has 0 bridgehead atoms. The maximum atomic E-state index is 10.7. The Bertz CT molecular complexity index is 656. The Balaban J connectivity index is 1.97. The summed E-state index contributed by atoms with van der Waals surface area (Å²) in [4.78, 5) is 17.6. The maximum Gasteiger partial charge on any atom is 0.131 e. The van der Waals surface area contributed by atoms with Crippen molar-refractivity contribution >= 4 is 22.8 Å². The molecule has 2 aliphatic rings. The van der Waals surface area contributed by atoms with Crippen LogP contribution in [0.1, 0.15) is 13.8 Å². The number of hydrogen-bond acceptors (Lipinski definition) is 5. The zero-order valence-electron chi connectivity index (χ0n) is 12.2. The standard InChI is InChI=1S/C16H18N4O/c1-3-20(4-2)12-6-8-14-16(10-12)18-15-9-11(19-21)5-7-13(15)17-14/h5-11,18H,3-4H2,1-2H3. The molecule has 5 heteroatoms. The third kappa shape index (κ3) is 2.46. The van der Waals surface area contributed by atoms with Gasteiger partial charge in [-0.1, -0.05) is 11.3 Å². The van der Waals surface area contributed by atoms with E-state index < -0.39 is 6.04 Å². The summed E-state index contributed by atoms with van der Waals surface area (Å²) in [5.41, 5.74) is 4.75. The number of benzene rings is 1. The summed E-state index contributed by atoms with van der Waals surface area (Å²) in [6.07, 6.45) is 5.40. The molecule has 108 valence electrons. The van der Waals surface area contributed by atoms with Crippen molar-refractivity contribution in [3.8, 4) is 0 Å². The molecule has 0 saturated carbocycles. The minimum Gasteiger partial charge on any atom is -0.372 e. The number of fused-ring (bicyclic) bond motifs is 2. The number of rotatable bonds is 4. The van der Waals surface area contributed by atoms with Gasteiger partial charge in [-0.05, 0) is 44.2 Å². The Morgan fingerprint density at radius 2 is 2.14 bits per heavy atom. The Hall–Kier alpha value is -2.43. The van der Waals surface area contributed by atoms with Gasteiger partial charge in [0, 0.05) is 18.8 Å². The van der Waals surface area contributed by atoms with Gasteiger partial charge in [0.1, 0.15) is 6.04 Å². The van der Waals surface area contributed by atoms with Crippen molar-refractivity contribution in [3.05, 3.63) is 47.0 Å². The predicted octanol–water partition coefficient (Wildman–Crippen LogP) is 3.62. The summed E-state index contributed by atoms with van der Waals surface area (Å²) in [5.74, 6) is 0. The molecule has 21 heavy (non-hydrogen) atoms. The van der Waals surface area contributed by atoms with Crippen LogP contribution in [0.4, 0.5) is 17.1 Å². The predicted molar refractivity (Wildman–Crippen MR) is 87.5 cm³/mol. The Morgan fingerprint density at radius 3 is 2.86 bits per heavy atom. The molecule has 3 rings (SSSR count). The first kappa shape index (κ1) is 13.5. The third-order valence-corrected chi connectivity index (χ3v) is 3.81. The van der Waals surface area contributed by atoms with Gasteiger partial charge in [0.25, 0.3) is 0 Å². The largest absolute Gasteiger partial charge is 0.372 e. The van der Waals surface area contributed by atoms with Gasteiger partial charge >= 0.3 is 0 Å². The normalized spacial score (nSPS) is 18.9. The lowest BCUT2D eigenvalue weighted by atomic mass is 10.0. The fourth-order valence-corrected chi connectivity index (χ4v) is 2.64. The molecular weight excluding hydrogens is 264 g/mol. The second-order valence-electron chi connectivity index (χ2n) is 5.03. The van der Waals surface area contributed by atoms with E-state index in [9.17, 15) is 4.91 Å². The topological polar surface area (TPSA) is 57.1 Å². The minimum absolute atomic E-state index is 0.418. The van der Waals surface area contributed by atoms with Crippen LogP contribution in [0.5, 0.6) is 0 Å². The summed E-state index contributed by atoms with van der Waals surface area (Å²) < 4.78 is 0. The molecule has 0 radical (unpaired) electrons. The molecule has 1 aliphatic carbocycles. The summed E-state index contributed by atoms with van der Waals surface area (Å²) in [6.45, 7) is 6.21. The fourth-order valence-electron chi connectivity index (χ4n) is 2.64. The van der Waals surface area contributed by atoms with Crippen molar-refractivity contribution in [1.29, 1.82) is 0 Å². The number of hydrogen-bond donors (Lipinski definition) is 1. The molecule has 0 fully saturated rings. The molecule has 0 aromatic heterocycles. The summed E-state index contributed by atoms with van der Waals surface area (Å²) >= 11 is 0. The molecule has 1 aliphatic heterocycles. The second-order valence-corrected chi connectivity index (χ2v) is 5.03. The molecule has 1 N–H and O–H groups in total. The molecule has 0 amide bonds. The summed E-state index contributed by atoms with van der Waals surface area (Å²) in [6, 6.07) is 5.80. The van der Waals surface area contributed by atoms with Crippen molar-refractivity contribution < 1.29 is 0 Å². The van der Waals surface area contributed by atoms with Crippen molar-refractivity contribution in [2.45, 2.75) is 19.9 Å². The number of nitroso groups, excluding NO2 is 1. The van der Waals surface area contributed by atoms with Gasteiger partial charge < -0.3 is 10.2 Å². The van der Waals surface area contributed by atoms with Crippen LogP contribution in [0, 0.1) is 4.91 Å². The smallest absolute Gasteiger partial charge is 0.131 e. The van der Waals surface area contributed by atoms with E-state index >= 15 is 0 Å². The SMILES string of the molecule is CCN(CC)c1ccc2c(c1)NC1=CC(N=O)C=CC1=N2. The van der Waals surface area contributed by atoms with E-state index in [4.69, 9.17) is 0 Å². The lowest BCUT2D eigenvalue weighted by Gasteiger charge is -2.26. The summed E-state index contributed by atoms with van der Waals surface area (Å²) in [7, 11) is 0. The van der Waals surface area contributed by atoms with Crippen molar-refractivity contribution in [3.63, 3.8) is 0 Å². The molecule has 5 nitrogen and oxygen atoms in total. The molecule has 1 atom stereocenters. The Labute approximate surface area is 124 Å². The molecular formula is C16H18N4O. The quantitative estimate of drug-likeness (QED) is 0.858. The second kappa shape index (κ2) is 5.52. The van der Waals surface area contributed by atoms with Gasteiger partial charge in [0.05, 0.1) is 22.8 Å². The van der Waals surface area contributed by atoms with Gasteiger partial charge in [0.2, 0.25) is 0 Å². The van der Waals surface area contributed by atoms with E-state index in [1.54, 1.807) is 12.2 Å². The highest BCUT2D eigenvalue weighted by Crippen LogP contribution is 2.35. The number of aliphatic imine (C=N–C) groups is 1. The molecule has 1 unspecified atom stereocenters. The highest BCUT2D eigenvalue weighted by molar-refractivity contribution is 6.15. The zero-order chi connectivity index (χ0) is 14.8. The first-order valence-electron chi connectivity index (χ1n) is 7.22. The van der Waals surface area contributed by atoms with Crippen LogP contribution in [-0.2, 0) is 0 Å². The number of anilines is 2. The molecule has 0 spiro atoms. The first-order chi connectivity index (χ1) is 10.2. The molecule has 1 aromatic rings. The van der Waals surface area contributed by atoms with E-state index in [1.807, 2.05) is 12.1 Å². The van der Waals surface area contributed by atoms with Gasteiger partial charge in [-0.25, -0.2) is 4.99 Å². The number of allylic oxidation sites excluding steroid dienone is 1. The van der Waals surface area contributed by atoms with Crippen molar-refractivity contribution in [2.24, 2.45) is 10.2 Å². The van der Waals surface area contributed by atoms with Crippen LogP contribution in [0.25, 0.3) is 0 Å². The molecule has 0 saturated heterocycles. The van der Waals surface area contributed by atoms with Gasteiger partial charge in [-0.15, -0.1) is 4.91 Å². The van der Waals surface area contributed by atoms with Crippen LogP contribution in [0.15, 0.2) is 52.3 Å². The van der Waals surface area contributed by atoms with E-state index in [2.05, 4.69) is 46.4 Å². The molecule has 1 heterocycles. The zero-order valence-corrected chi connectivity index (χ0v) is 12.2. The average molecular weight is 282 g/mol. The monoisotopic (exact) mass is 282 g/mol. The van der Waals surface area contributed by atoms with Gasteiger partial charge in [0.15, 0.2) is 0 Å². The van der Waals surface area contributed by atoms with Crippen LogP contribution >= 0.6 is 0 Å². The van der Waals surface area contributed by atoms with E-state index in [1.165, 1.54) is 5.69 Å². The Morgan fingerprint density at radius 1 is 1.33 bits per heavy atom. The molecule has 1 aromatic carbocycles.